The minimum absolute atomic E-state index is 0.237. The summed E-state index contributed by atoms with van der Waals surface area (Å²) < 4.78 is 0. The minimum Gasteiger partial charge on any atom is -0.481 e. The van der Waals surface area contributed by atoms with Gasteiger partial charge < -0.3 is 10.4 Å². The van der Waals surface area contributed by atoms with Crippen LogP contribution in [0.4, 0.5) is 0 Å². The van der Waals surface area contributed by atoms with Crippen molar-refractivity contribution in [3.63, 3.8) is 0 Å². The Morgan fingerprint density at radius 3 is 2.89 bits per heavy atom. The van der Waals surface area contributed by atoms with Gasteiger partial charge in [-0.3, -0.25) is 14.6 Å². The quantitative estimate of drug-likeness (QED) is 0.846. The largest absolute Gasteiger partial charge is 0.481 e. The van der Waals surface area contributed by atoms with Gasteiger partial charge in [0.2, 0.25) is 0 Å². The third-order valence-corrected chi connectivity index (χ3v) is 3.40. The van der Waals surface area contributed by atoms with Crippen molar-refractivity contribution < 1.29 is 14.7 Å². The fourth-order valence-electron chi connectivity index (χ4n) is 2.40. The molecular formula is C13H16N2O3. The summed E-state index contributed by atoms with van der Waals surface area (Å²) >= 11 is 0. The Kier molecular flexibility index (Phi) is 3.60. The van der Waals surface area contributed by atoms with Crippen LogP contribution in [0.1, 0.15) is 35.3 Å². The Morgan fingerprint density at radius 1 is 1.44 bits per heavy atom. The van der Waals surface area contributed by atoms with E-state index in [4.69, 9.17) is 5.11 Å². The maximum absolute atomic E-state index is 12.0. The number of nitrogens with zero attached hydrogens (tertiary/aromatic N) is 1. The number of hydrogen-bond donors (Lipinski definition) is 2. The van der Waals surface area contributed by atoms with Gasteiger partial charge >= 0.3 is 5.97 Å². The number of rotatable bonds is 3. The highest BCUT2D eigenvalue weighted by Crippen LogP contribution is 2.26. The van der Waals surface area contributed by atoms with Gasteiger partial charge in [-0.2, -0.15) is 0 Å². The van der Waals surface area contributed by atoms with Crippen LogP contribution in [-0.4, -0.2) is 28.0 Å². The molecule has 0 bridgehead atoms. The lowest BCUT2D eigenvalue weighted by Gasteiger charge is -2.17. The first-order valence-electron chi connectivity index (χ1n) is 6.05. The lowest BCUT2D eigenvalue weighted by atomic mass is 10.0. The van der Waals surface area contributed by atoms with Crippen molar-refractivity contribution in [1.82, 2.24) is 10.3 Å². The van der Waals surface area contributed by atoms with Crippen molar-refractivity contribution in [1.29, 1.82) is 0 Å². The maximum Gasteiger partial charge on any atom is 0.308 e. The molecule has 1 amide bonds. The number of hydrogen-bond acceptors (Lipinski definition) is 3. The molecule has 2 rings (SSSR count). The molecule has 2 N–H and O–H groups in total. The van der Waals surface area contributed by atoms with Crippen LogP contribution in [0.5, 0.6) is 0 Å². The molecular weight excluding hydrogens is 232 g/mol. The van der Waals surface area contributed by atoms with Crippen LogP contribution in [0.15, 0.2) is 18.3 Å². The number of carboxylic acids is 1. The molecule has 0 aliphatic heterocycles. The van der Waals surface area contributed by atoms with Crippen LogP contribution in [0.2, 0.25) is 0 Å². The first-order chi connectivity index (χ1) is 8.59. The minimum atomic E-state index is -0.833. The van der Waals surface area contributed by atoms with Crippen LogP contribution in [-0.2, 0) is 4.79 Å². The molecule has 1 aliphatic rings. The van der Waals surface area contributed by atoms with Crippen molar-refractivity contribution >= 4 is 11.9 Å². The molecule has 96 valence electrons. The van der Waals surface area contributed by atoms with Crippen molar-refractivity contribution in [2.24, 2.45) is 5.92 Å². The topological polar surface area (TPSA) is 79.3 Å². The molecule has 1 aliphatic carbocycles. The van der Waals surface area contributed by atoms with Gasteiger partial charge in [0.25, 0.3) is 5.91 Å². The van der Waals surface area contributed by atoms with E-state index in [2.05, 4.69) is 10.3 Å². The van der Waals surface area contributed by atoms with E-state index in [0.717, 1.165) is 12.8 Å². The monoisotopic (exact) mass is 248 g/mol. The van der Waals surface area contributed by atoms with E-state index >= 15 is 0 Å². The standard InChI is InChI=1S/C13H16N2O3/c1-8-9(5-3-7-14-8)12(16)15-11-6-2-4-10(11)13(17)18/h3,5,7,10-11H,2,4,6H2,1H3,(H,15,16)(H,17,18). The molecule has 0 radical (unpaired) electrons. The van der Waals surface area contributed by atoms with E-state index in [-0.39, 0.29) is 11.9 Å². The van der Waals surface area contributed by atoms with Gasteiger partial charge in [-0.25, -0.2) is 0 Å². The van der Waals surface area contributed by atoms with Crippen molar-refractivity contribution in [2.75, 3.05) is 0 Å². The van der Waals surface area contributed by atoms with E-state index in [1.807, 2.05) is 0 Å². The predicted octanol–water partition coefficient (Wildman–Crippen LogP) is 1.37. The Balaban J connectivity index is 2.08. The molecule has 1 heterocycles. The molecule has 2 atom stereocenters. The second-order valence-electron chi connectivity index (χ2n) is 4.59. The fourth-order valence-corrected chi connectivity index (χ4v) is 2.40. The van der Waals surface area contributed by atoms with Crippen LogP contribution in [0.25, 0.3) is 0 Å². The summed E-state index contributed by atoms with van der Waals surface area (Å²) in [7, 11) is 0. The van der Waals surface area contributed by atoms with Crippen LogP contribution in [0, 0.1) is 12.8 Å². The average molecular weight is 248 g/mol. The lowest BCUT2D eigenvalue weighted by molar-refractivity contribution is -0.142. The summed E-state index contributed by atoms with van der Waals surface area (Å²) in [6, 6.07) is 3.13. The average Bonchev–Trinajstić information content (AvgIpc) is 2.77. The lowest BCUT2D eigenvalue weighted by Crippen LogP contribution is -2.40. The molecule has 1 fully saturated rings. The van der Waals surface area contributed by atoms with E-state index < -0.39 is 11.9 Å². The zero-order chi connectivity index (χ0) is 13.1. The van der Waals surface area contributed by atoms with Gasteiger partial charge in [-0.05, 0) is 31.9 Å². The molecule has 5 heteroatoms. The summed E-state index contributed by atoms with van der Waals surface area (Å²) in [5, 5.41) is 11.9. The highest BCUT2D eigenvalue weighted by molar-refractivity contribution is 5.95. The summed E-state index contributed by atoms with van der Waals surface area (Å²) in [4.78, 5) is 27.1. The molecule has 18 heavy (non-hydrogen) atoms. The van der Waals surface area contributed by atoms with Crippen molar-refractivity contribution in [3.05, 3.63) is 29.6 Å². The van der Waals surface area contributed by atoms with Crippen LogP contribution < -0.4 is 5.32 Å². The fraction of sp³-hybridized carbons (Fsp3) is 0.462. The van der Waals surface area contributed by atoms with E-state index in [0.29, 0.717) is 17.7 Å². The van der Waals surface area contributed by atoms with Crippen molar-refractivity contribution in [3.8, 4) is 0 Å². The summed E-state index contributed by atoms with van der Waals surface area (Å²) in [6.07, 6.45) is 3.82. The molecule has 1 saturated carbocycles. The zero-order valence-electron chi connectivity index (χ0n) is 10.2. The number of carbonyl (C=O) groups excluding carboxylic acids is 1. The number of aryl methyl sites for hydroxylation is 1. The van der Waals surface area contributed by atoms with E-state index in [9.17, 15) is 9.59 Å². The van der Waals surface area contributed by atoms with Gasteiger partial charge in [0.15, 0.2) is 0 Å². The number of aromatic nitrogens is 1. The normalized spacial score (nSPS) is 22.7. The van der Waals surface area contributed by atoms with E-state index in [1.165, 1.54) is 0 Å². The third-order valence-electron chi connectivity index (χ3n) is 3.40. The SMILES string of the molecule is Cc1ncccc1C(=O)NC1CCCC1C(=O)O. The number of amides is 1. The summed E-state index contributed by atoms with van der Waals surface area (Å²) in [5.41, 5.74) is 1.16. The van der Waals surface area contributed by atoms with Gasteiger partial charge in [0, 0.05) is 17.9 Å². The molecule has 1 aromatic heterocycles. The number of aliphatic carboxylic acids is 1. The van der Waals surface area contributed by atoms with Crippen molar-refractivity contribution in [2.45, 2.75) is 32.2 Å². The molecule has 0 spiro atoms. The Bertz CT molecular complexity index is 473. The van der Waals surface area contributed by atoms with Gasteiger partial charge in [0.05, 0.1) is 11.5 Å². The second kappa shape index (κ2) is 5.16. The van der Waals surface area contributed by atoms with Crippen LogP contribution in [0.3, 0.4) is 0 Å². The highest BCUT2D eigenvalue weighted by Gasteiger charge is 2.34. The Morgan fingerprint density at radius 2 is 2.22 bits per heavy atom. The first kappa shape index (κ1) is 12.5. The third kappa shape index (κ3) is 2.50. The zero-order valence-corrected chi connectivity index (χ0v) is 10.2. The smallest absolute Gasteiger partial charge is 0.308 e. The van der Waals surface area contributed by atoms with Gasteiger partial charge in [-0.1, -0.05) is 6.42 Å². The second-order valence-corrected chi connectivity index (χ2v) is 4.59. The summed E-state index contributed by atoms with van der Waals surface area (Å²) in [5.74, 6) is -1.54. The maximum atomic E-state index is 12.0. The summed E-state index contributed by atoms with van der Waals surface area (Å²) in [6.45, 7) is 1.76. The van der Waals surface area contributed by atoms with Crippen LogP contribution >= 0.6 is 0 Å². The molecule has 0 aromatic carbocycles. The number of pyridine rings is 1. The Labute approximate surface area is 105 Å². The Hall–Kier alpha value is -1.91. The van der Waals surface area contributed by atoms with Gasteiger partial charge in [0.1, 0.15) is 0 Å². The van der Waals surface area contributed by atoms with E-state index in [1.54, 1.807) is 25.3 Å². The number of nitrogens with one attached hydrogen (secondary N) is 1. The van der Waals surface area contributed by atoms with Gasteiger partial charge in [-0.15, -0.1) is 0 Å². The molecule has 2 unspecified atom stereocenters. The number of carboxylic acid groups (broad SMARTS) is 1. The number of carbonyl (C=O) groups is 2. The highest BCUT2D eigenvalue weighted by atomic mass is 16.4. The molecule has 0 saturated heterocycles. The molecule has 1 aromatic rings. The first-order valence-corrected chi connectivity index (χ1v) is 6.05. The predicted molar refractivity (Wildman–Crippen MR) is 65.2 cm³/mol. The molecule has 5 nitrogen and oxygen atoms in total.